The third kappa shape index (κ3) is 6.72. The zero-order valence-corrected chi connectivity index (χ0v) is 17.2. The molecule has 0 heterocycles. The first-order chi connectivity index (χ1) is 13.2. The van der Waals surface area contributed by atoms with Crippen molar-refractivity contribution < 1.29 is 4.79 Å². The number of nitrogens with two attached hydrogens (primary N) is 1. The molecule has 0 saturated heterocycles. The Morgan fingerprint density at radius 2 is 1.30 bits per heavy atom. The molecule has 5 N–H and O–H groups in total. The maximum Gasteiger partial charge on any atom is 0.220 e. The maximum atomic E-state index is 12.5. The van der Waals surface area contributed by atoms with Crippen LogP contribution in [-0.2, 0) is 4.79 Å². The Morgan fingerprint density at radius 3 is 1.85 bits per heavy atom. The van der Waals surface area contributed by atoms with E-state index in [0.29, 0.717) is 11.3 Å². The highest BCUT2D eigenvalue weighted by Gasteiger charge is 2.51. The number of hydrogen-bond acceptors (Lipinski definition) is 4. The van der Waals surface area contributed by atoms with Gasteiger partial charge in [0.2, 0.25) is 5.91 Å². The summed E-state index contributed by atoms with van der Waals surface area (Å²) in [5.41, 5.74) is 5.84. The molecule has 1 amide bonds. The van der Waals surface area contributed by atoms with Gasteiger partial charge in [-0.2, -0.15) is 0 Å². The van der Waals surface area contributed by atoms with Gasteiger partial charge in [-0.25, -0.2) is 0 Å². The largest absolute Gasteiger partial charge is 0.356 e. The number of rotatable bonds is 14. The van der Waals surface area contributed by atoms with E-state index < -0.39 is 0 Å². The van der Waals surface area contributed by atoms with Gasteiger partial charge in [0.15, 0.2) is 0 Å². The van der Waals surface area contributed by atoms with Crippen molar-refractivity contribution in [1.82, 2.24) is 16.0 Å². The van der Waals surface area contributed by atoms with E-state index in [-0.39, 0.29) is 0 Å². The number of unbranched alkanes of at least 4 members (excludes halogenated alkanes) is 1. The van der Waals surface area contributed by atoms with Crippen LogP contribution in [0.25, 0.3) is 0 Å². The van der Waals surface area contributed by atoms with Gasteiger partial charge in [0.1, 0.15) is 0 Å². The highest BCUT2D eigenvalue weighted by molar-refractivity contribution is 5.76. The topological polar surface area (TPSA) is 79.2 Å². The van der Waals surface area contributed by atoms with Crippen LogP contribution in [0, 0.1) is 23.2 Å². The van der Waals surface area contributed by atoms with Crippen LogP contribution in [0.1, 0.15) is 70.6 Å². The molecule has 0 aromatic rings. The van der Waals surface area contributed by atoms with E-state index in [1.807, 2.05) is 0 Å². The Labute approximate surface area is 166 Å². The molecular formula is C22H42N4O. The molecule has 5 heteroatoms. The van der Waals surface area contributed by atoms with E-state index in [1.165, 1.54) is 51.4 Å². The van der Waals surface area contributed by atoms with Gasteiger partial charge >= 0.3 is 0 Å². The molecule has 4 aliphatic carbocycles. The van der Waals surface area contributed by atoms with Crippen molar-refractivity contribution in [3.63, 3.8) is 0 Å². The third-order valence-electron chi connectivity index (χ3n) is 7.07. The smallest absolute Gasteiger partial charge is 0.220 e. The Balaban J connectivity index is 1.16. The van der Waals surface area contributed by atoms with E-state index in [9.17, 15) is 4.79 Å². The molecule has 0 spiro atoms. The van der Waals surface area contributed by atoms with Gasteiger partial charge in [0.05, 0.1) is 0 Å². The van der Waals surface area contributed by atoms with Gasteiger partial charge in [-0.05, 0) is 120 Å². The average Bonchev–Trinajstić information content (AvgIpc) is 2.61. The lowest BCUT2D eigenvalue weighted by Crippen LogP contribution is -2.48. The number of nitrogens with one attached hydrogen (secondary N) is 3. The zero-order chi connectivity index (χ0) is 19.0. The second-order valence-corrected chi connectivity index (χ2v) is 9.65. The molecule has 4 saturated carbocycles. The van der Waals surface area contributed by atoms with Crippen LogP contribution in [0.5, 0.6) is 0 Å². The van der Waals surface area contributed by atoms with Crippen LogP contribution in [0.2, 0.25) is 0 Å². The number of carbonyl (C=O) groups excluding carboxylic acids is 1. The molecule has 0 aliphatic heterocycles. The van der Waals surface area contributed by atoms with Crippen molar-refractivity contribution in [2.75, 3.05) is 39.3 Å². The first-order valence-electron chi connectivity index (χ1n) is 11.6. The fourth-order valence-corrected chi connectivity index (χ4v) is 6.33. The minimum Gasteiger partial charge on any atom is -0.356 e. The fraction of sp³-hybridized carbons (Fsp3) is 0.955. The highest BCUT2D eigenvalue weighted by Crippen LogP contribution is 2.61. The minimum atomic E-state index is 0.306. The van der Waals surface area contributed by atoms with Crippen LogP contribution >= 0.6 is 0 Å². The Kier molecular flexibility index (Phi) is 8.41. The molecule has 4 bridgehead atoms. The second kappa shape index (κ2) is 10.8. The summed E-state index contributed by atoms with van der Waals surface area (Å²) in [4.78, 5) is 12.5. The van der Waals surface area contributed by atoms with Crippen molar-refractivity contribution in [3.8, 4) is 0 Å². The van der Waals surface area contributed by atoms with Gasteiger partial charge in [0, 0.05) is 13.0 Å². The molecule has 27 heavy (non-hydrogen) atoms. The lowest BCUT2D eigenvalue weighted by atomic mass is 9.49. The van der Waals surface area contributed by atoms with Crippen molar-refractivity contribution in [2.45, 2.75) is 70.6 Å². The monoisotopic (exact) mass is 378 g/mol. The summed E-state index contributed by atoms with van der Waals surface area (Å²) in [5.74, 6) is 3.11. The van der Waals surface area contributed by atoms with Crippen molar-refractivity contribution in [3.05, 3.63) is 0 Å². The van der Waals surface area contributed by atoms with Crippen LogP contribution in [0.3, 0.4) is 0 Å². The van der Waals surface area contributed by atoms with E-state index in [0.717, 1.165) is 76.3 Å². The number of amides is 1. The Bertz CT molecular complexity index is 418. The summed E-state index contributed by atoms with van der Waals surface area (Å²) in [7, 11) is 0. The van der Waals surface area contributed by atoms with Crippen LogP contribution in [0.15, 0.2) is 0 Å². The van der Waals surface area contributed by atoms with Gasteiger partial charge < -0.3 is 21.7 Å². The normalized spacial score (nSPS) is 31.4. The summed E-state index contributed by atoms with van der Waals surface area (Å²) in [5, 5.41) is 10.1. The van der Waals surface area contributed by atoms with Crippen molar-refractivity contribution in [1.29, 1.82) is 0 Å². The number of carbonyl (C=O) groups is 1. The molecule has 4 aliphatic rings. The third-order valence-corrected chi connectivity index (χ3v) is 7.07. The summed E-state index contributed by atoms with van der Waals surface area (Å²) >= 11 is 0. The maximum absolute atomic E-state index is 12.5. The van der Waals surface area contributed by atoms with Crippen molar-refractivity contribution >= 4 is 5.91 Å². The molecule has 156 valence electrons. The van der Waals surface area contributed by atoms with Gasteiger partial charge in [-0.15, -0.1) is 0 Å². The average molecular weight is 379 g/mol. The predicted octanol–water partition coefficient (Wildman–Crippen LogP) is 2.41. The molecule has 0 atom stereocenters. The van der Waals surface area contributed by atoms with Gasteiger partial charge in [-0.3, -0.25) is 4.79 Å². The Hall–Kier alpha value is -0.650. The van der Waals surface area contributed by atoms with Gasteiger partial charge in [-0.1, -0.05) is 0 Å². The molecule has 4 rings (SSSR count). The SMILES string of the molecule is NCCCNCCCCNCCCNC(=O)CC12CC3CC(CC(C3)C1)C2. The van der Waals surface area contributed by atoms with Crippen LogP contribution in [0.4, 0.5) is 0 Å². The fourth-order valence-electron chi connectivity index (χ4n) is 6.33. The zero-order valence-electron chi connectivity index (χ0n) is 17.2. The van der Waals surface area contributed by atoms with Gasteiger partial charge in [0.25, 0.3) is 0 Å². The molecule has 0 aromatic heterocycles. The Morgan fingerprint density at radius 1 is 0.778 bits per heavy atom. The molecule has 0 unspecified atom stereocenters. The molecule has 0 radical (unpaired) electrons. The molecular weight excluding hydrogens is 336 g/mol. The first-order valence-corrected chi connectivity index (χ1v) is 11.6. The minimum absolute atomic E-state index is 0.306. The predicted molar refractivity (Wildman–Crippen MR) is 111 cm³/mol. The van der Waals surface area contributed by atoms with E-state index >= 15 is 0 Å². The summed E-state index contributed by atoms with van der Waals surface area (Å²) < 4.78 is 0. The molecule has 5 nitrogen and oxygen atoms in total. The van der Waals surface area contributed by atoms with E-state index in [2.05, 4.69) is 16.0 Å². The molecule has 4 fully saturated rings. The molecule has 0 aromatic carbocycles. The van der Waals surface area contributed by atoms with E-state index in [4.69, 9.17) is 5.73 Å². The van der Waals surface area contributed by atoms with Crippen molar-refractivity contribution in [2.24, 2.45) is 28.9 Å². The summed E-state index contributed by atoms with van der Waals surface area (Å²) in [6.07, 6.45) is 13.6. The highest BCUT2D eigenvalue weighted by atomic mass is 16.1. The van der Waals surface area contributed by atoms with Crippen LogP contribution in [-0.4, -0.2) is 45.2 Å². The summed E-state index contributed by atoms with van der Waals surface area (Å²) in [6, 6.07) is 0. The quantitative estimate of drug-likeness (QED) is 0.350. The lowest BCUT2D eigenvalue weighted by molar-refractivity contribution is -0.129. The summed E-state index contributed by atoms with van der Waals surface area (Å²) in [6.45, 7) is 5.78. The first kappa shape index (κ1) is 21.1. The number of hydrogen-bond donors (Lipinski definition) is 4. The lowest BCUT2D eigenvalue weighted by Gasteiger charge is -2.56. The van der Waals surface area contributed by atoms with Crippen LogP contribution < -0.4 is 21.7 Å². The standard InChI is InChI=1S/C22H42N4O/c23-5-3-8-24-6-1-2-7-25-9-4-10-26-21(27)17-22-14-18-11-19(15-22)13-20(12-18)16-22/h18-20,24-25H,1-17,23H2,(H,26,27). The van der Waals surface area contributed by atoms with E-state index in [1.54, 1.807) is 0 Å². The second-order valence-electron chi connectivity index (χ2n) is 9.65.